The zero-order chi connectivity index (χ0) is 22.7. The van der Waals surface area contributed by atoms with Crippen molar-refractivity contribution in [3.05, 3.63) is 69.2 Å². The molecular formula is C23H21Cl2FN2O4. The van der Waals surface area contributed by atoms with Crippen LogP contribution in [0.4, 0.5) is 4.39 Å². The third-order valence-electron chi connectivity index (χ3n) is 5.19. The van der Waals surface area contributed by atoms with Gasteiger partial charge in [-0.3, -0.25) is 0 Å². The van der Waals surface area contributed by atoms with Gasteiger partial charge in [0.2, 0.25) is 0 Å². The van der Waals surface area contributed by atoms with E-state index in [1.54, 1.807) is 24.3 Å². The van der Waals surface area contributed by atoms with Gasteiger partial charge in [0.1, 0.15) is 35.6 Å². The third kappa shape index (κ3) is 4.69. The number of methoxy groups -OCH3 is 1. The minimum absolute atomic E-state index is 0.131. The molecule has 0 atom stereocenters. The number of nitrogens with zero attached hydrogens (tertiary/aromatic N) is 2. The molecule has 0 amide bonds. The zero-order valence-electron chi connectivity index (χ0n) is 17.4. The first kappa shape index (κ1) is 22.4. The highest BCUT2D eigenvalue weighted by atomic mass is 35.5. The van der Waals surface area contributed by atoms with E-state index in [2.05, 4.69) is 5.10 Å². The highest BCUT2D eigenvalue weighted by molar-refractivity contribution is 6.32. The molecule has 0 radical (unpaired) electrons. The van der Waals surface area contributed by atoms with E-state index in [1.807, 2.05) is 0 Å². The number of aryl methyl sites for hydroxylation is 1. The molecule has 1 aliphatic rings. The van der Waals surface area contributed by atoms with Crippen LogP contribution in [-0.2, 0) is 17.6 Å². The monoisotopic (exact) mass is 478 g/mol. The van der Waals surface area contributed by atoms with Crippen LogP contribution in [0.5, 0.6) is 11.5 Å². The summed E-state index contributed by atoms with van der Waals surface area (Å²) in [7, 11) is 1.32. The van der Waals surface area contributed by atoms with Crippen LogP contribution in [0.3, 0.4) is 0 Å². The molecule has 168 valence electrons. The molecule has 0 spiro atoms. The molecule has 0 saturated carbocycles. The fraction of sp³-hybridized carbons (Fsp3) is 0.304. The molecule has 2 aromatic carbocycles. The Labute approximate surface area is 194 Å². The van der Waals surface area contributed by atoms with Gasteiger partial charge in [-0.05, 0) is 49.9 Å². The summed E-state index contributed by atoms with van der Waals surface area (Å²) in [6.45, 7) is 0.334. The molecule has 9 heteroatoms. The predicted octanol–water partition coefficient (Wildman–Crippen LogP) is 5.44. The summed E-state index contributed by atoms with van der Waals surface area (Å²) in [6.07, 6.45) is 3.75. The lowest BCUT2D eigenvalue weighted by Crippen LogP contribution is -2.10. The Morgan fingerprint density at radius 3 is 2.69 bits per heavy atom. The minimum atomic E-state index is -0.542. The summed E-state index contributed by atoms with van der Waals surface area (Å²) >= 11 is 12.7. The van der Waals surface area contributed by atoms with Gasteiger partial charge in [0, 0.05) is 11.6 Å². The van der Waals surface area contributed by atoms with E-state index in [0.717, 1.165) is 36.9 Å². The summed E-state index contributed by atoms with van der Waals surface area (Å²) in [5.74, 6) is -0.202. The van der Waals surface area contributed by atoms with E-state index >= 15 is 0 Å². The number of fused-ring (bicyclic) bond motifs is 1. The van der Waals surface area contributed by atoms with Crippen LogP contribution in [0.25, 0.3) is 5.69 Å². The Kier molecular flexibility index (Phi) is 6.86. The largest absolute Gasteiger partial charge is 0.490 e. The lowest BCUT2D eigenvalue weighted by Gasteiger charge is -2.13. The van der Waals surface area contributed by atoms with E-state index in [9.17, 15) is 9.18 Å². The topological polar surface area (TPSA) is 62.6 Å². The third-order valence-corrected chi connectivity index (χ3v) is 5.87. The molecule has 0 aliphatic heterocycles. The van der Waals surface area contributed by atoms with Crippen molar-refractivity contribution in [1.82, 2.24) is 9.78 Å². The summed E-state index contributed by atoms with van der Waals surface area (Å²) < 4.78 is 32.1. The second-order valence-electron chi connectivity index (χ2n) is 7.29. The second-order valence-corrected chi connectivity index (χ2v) is 8.05. The second kappa shape index (κ2) is 9.79. The summed E-state index contributed by atoms with van der Waals surface area (Å²) in [5, 5.41) is 5.05. The van der Waals surface area contributed by atoms with Gasteiger partial charge in [0.05, 0.1) is 23.4 Å². The van der Waals surface area contributed by atoms with E-state index in [1.165, 1.54) is 23.9 Å². The van der Waals surface area contributed by atoms with E-state index < -0.39 is 11.8 Å². The molecule has 4 rings (SSSR count). The van der Waals surface area contributed by atoms with Crippen molar-refractivity contribution in [2.75, 3.05) is 20.3 Å². The van der Waals surface area contributed by atoms with Gasteiger partial charge in [-0.1, -0.05) is 29.3 Å². The smallest absolute Gasteiger partial charge is 0.337 e. The van der Waals surface area contributed by atoms with Crippen LogP contribution in [0.2, 0.25) is 10.2 Å². The Bertz CT molecular complexity index is 1150. The van der Waals surface area contributed by atoms with Crippen molar-refractivity contribution in [1.29, 1.82) is 0 Å². The first-order chi connectivity index (χ1) is 15.5. The van der Waals surface area contributed by atoms with Crippen molar-refractivity contribution in [2.24, 2.45) is 0 Å². The molecule has 1 heterocycles. The first-order valence-corrected chi connectivity index (χ1v) is 10.9. The maximum Gasteiger partial charge on any atom is 0.337 e. The Morgan fingerprint density at radius 1 is 1.12 bits per heavy atom. The standard InChI is InChI=1S/C23H21Cl2FN2O4/c1-30-23(29)14-5-4-6-15(11-14)31-9-10-32-21-13-20(18(26)12-17(21)24)28-22(25)16-7-2-3-8-19(16)27-28/h4-6,11-13H,2-3,7-10H2,1H3. The molecule has 3 aromatic rings. The molecule has 0 saturated heterocycles. The fourth-order valence-corrected chi connectivity index (χ4v) is 4.14. The maximum atomic E-state index is 14.7. The Morgan fingerprint density at radius 2 is 1.91 bits per heavy atom. The molecule has 0 N–H and O–H groups in total. The van der Waals surface area contributed by atoms with Crippen molar-refractivity contribution in [3.63, 3.8) is 0 Å². The lowest BCUT2D eigenvalue weighted by molar-refractivity contribution is 0.0600. The SMILES string of the molecule is COC(=O)c1cccc(OCCOc2cc(-n3nc4c(c3Cl)CCCC4)c(F)cc2Cl)c1. The van der Waals surface area contributed by atoms with Gasteiger partial charge >= 0.3 is 5.97 Å². The van der Waals surface area contributed by atoms with Gasteiger partial charge in [-0.25, -0.2) is 13.9 Å². The van der Waals surface area contributed by atoms with Crippen LogP contribution < -0.4 is 9.47 Å². The number of benzene rings is 2. The molecule has 0 unspecified atom stereocenters. The van der Waals surface area contributed by atoms with Crippen molar-refractivity contribution in [2.45, 2.75) is 25.7 Å². The molecular weight excluding hydrogens is 458 g/mol. The number of carbonyl (C=O) groups excluding carboxylic acids is 1. The normalized spacial score (nSPS) is 12.9. The fourth-order valence-electron chi connectivity index (χ4n) is 3.61. The van der Waals surface area contributed by atoms with Gasteiger partial charge in [-0.2, -0.15) is 5.10 Å². The molecule has 1 aromatic heterocycles. The number of hydrogen-bond donors (Lipinski definition) is 0. The summed E-state index contributed by atoms with van der Waals surface area (Å²) in [5.41, 5.74) is 2.43. The molecule has 0 bridgehead atoms. The van der Waals surface area contributed by atoms with Gasteiger partial charge in [-0.15, -0.1) is 0 Å². The number of rotatable bonds is 7. The lowest BCUT2D eigenvalue weighted by atomic mass is 9.99. The van der Waals surface area contributed by atoms with Crippen molar-refractivity contribution < 1.29 is 23.4 Å². The summed E-state index contributed by atoms with van der Waals surface area (Å²) in [4.78, 5) is 11.6. The number of halogens is 3. The highest BCUT2D eigenvalue weighted by Crippen LogP contribution is 2.34. The Hall–Kier alpha value is -2.77. The van der Waals surface area contributed by atoms with Crippen molar-refractivity contribution >= 4 is 29.2 Å². The van der Waals surface area contributed by atoms with Crippen LogP contribution in [0.1, 0.15) is 34.5 Å². The van der Waals surface area contributed by atoms with Gasteiger partial charge in [0.15, 0.2) is 5.82 Å². The number of ether oxygens (including phenoxy) is 3. The van der Waals surface area contributed by atoms with Crippen LogP contribution in [0.15, 0.2) is 36.4 Å². The number of carbonyl (C=O) groups is 1. The predicted molar refractivity (Wildman–Crippen MR) is 119 cm³/mol. The van der Waals surface area contributed by atoms with Crippen molar-refractivity contribution in [3.8, 4) is 17.2 Å². The molecule has 1 aliphatic carbocycles. The van der Waals surface area contributed by atoms with E-state index in [-0.39, 0.29) is 23.9 Å². The molecule has 6 nitrogen and oxygen atoms in total. The highest BCUT2D eigenvalue weighted by Gasteiger charge is 2.22. The average Bonchev–Trinajstić information content (AvgIpc) is 3.14. The average molecular weight is 479 g/mol. The summed E-state index contributed by atoms with van der Waals surface area (Å²) in [6, 6.07) is 9.29. The number of hydrogen-bond acceptors (Lipinski definition) is 5. The number of aromatic nitrogens is 2. The maximum absolute atomic E-state index is 14.7. The van der Waals surface area contributed by atoms with Crippen LogP contribution in [0, 0.1) is 5.82 Å². The zero-order valence-corrected chi connectivity index (χ0v) is 18.9. The first-order valence-electron chi connectivity index (χ1n) is 10.2. The molecule has 32 heavy (non-hydrogen) atoms. The quantitative estimate of drug-likeness (QED) is 0.334. The van der Waals surface area contributed by atoms with E-state index in [0.29, 0.717) is 22.2 Å². The van der Waals surface area contributed by atoms with Gasteiger partial charge < -0.3 is 14.2 Å². The molecule has 0 fully saturated rings. The Balaban J connectivity index is 1.45. The van der Waals surface area contributed by atoms with Crippen LogP contribution >= 0.6 is 23.2 Å². The van der Waals surface area contributed by atoms with E-state index in [4.69, 9.17) is 37.4 Å². The number of esters is 1. The van der Waals surface area contributed by atoms with Crippen LogP contribution in [-0.4, -0.2) is 36.1 Å². The van der Waals surface area contributed by atoms with Gasteiger partial charge in [0.25, 0.3) is 0 Å². The minimum Gasteiger partial charge on any atom is -0.490 e.